The monoisotopic (exact) mass is 491 g/mol. The number of benzene rings is 2. The zero-order valence-corrected chi connectivity index (χ0v) is 21.1. The number of carbonyl (C=O) groups is 2. The van der Waals surface area contributed by atoms with Crippen LogP contribution in [0.1, 0.15) is 25.8 Å². The molecular formula is C24H33N3O6S. The van der Waals surface area contributed by atoms with Gasteiger partial charge in [0.25, 0.3) is 0 Å². The maximum absolute atomic E-state index is 13.5. The number of likely N-dealkylation sites (N-methyl/N-ethyl adjacent to an activating group) is 1. The maximum Gasteiger partial charge on any atom is 0.244 e. The number of methoxy groups -OCH3 is 1. The van der Waals surface area contributed by atoms with Crippen LogP contribution in [-0.2, 0) is 26.2 Å². The first-order valence-electron chi connectivity index (χ1n) is 11.0. The molecule has 2 rings (SSSR count). The van der Waals surface area contributed by atoms with Crippen molar-refractivity contribution in [2.45, 2.75) is 32.9 Å². The molecule has 0 fully saturated rings. The lowest BCUT2D eigenvalue weighted by molar-refractivity contribution is -0.140. The van der Waals surface area contributed by atoms with E-state index in [4.69, 9.17) is 9.47 Å². The summed E-state index contributed by atoms with van der Waals surface area (Å²) in [5.74, 6) is 0.443. The molecule has 10 heteroatoms. The summed E-state index contributed by atoms with van der Waals surface area (Å²) in [5, 5.41) is 2.59. The summed E-state index contributed by atoms with van der Waals surface area (Å²) in [7, 11) is -0.720. The Bertz CT molecular complexity index is 1060. The number of nitrogens with zero attached hydrogens (tertiary/aromatic N) is 2. The minimum absolute atomic E-state index is 0.135. The lowest BCUT2D eigenvalue weighted by Gasteiger charge is -2.32. The number of hydrogen-bond acceptors (Lipinski definition) is 6. The quantitative estimate of drug-likeness (QED) is 0.489. The average molecular weight is 492 g/mol. The van der Waals surface area contributed by atoms with Gasteiger partial charge in [0, 0.05) is 13.6 Å². The Morgan fingerprint density at radius 3 is 2.06 bits per heavy atom. The van der Waals surface area contributed by atoms with Crippen molar-refractivity contribution in [3.05, 3.63) is 54.1 Å². The maximum atomic E-state index is 13.5. The van der Waals surface area contributed by atoms with Gasteiger partial charge in [0.2, 0.25) is 21.8 Å². The molecule has 186 valence electrons. The minimum atomic E-state index is -3.78. The first-order valence-corrected chi connectivity index (χ1v) is 12.8. The van der Waals surface area contributed by atoms with Crippen molar-refractivity contribution in [1.29, 1.82) is 0 Å². The van der Waals surface area contributed by atoms with Crippen LogP contribution < -0.4 is 19.1 Å². The van der Waals surface area contributed by atoms with Gasteiger partial charge >= 0.3 is 0 Å². The number of nitrogens with one attached hydrogen (secondary N) is 1. The number of carbonyl (C=O) groups excluding carboxylic acids is 2. The van der Waals surface area contributed by atoms with E-state index in [1.807, 2.05) is 6.92 Å². The van der Waals surface area contributed by atoms with Crippen molar-refractivity contribution < 1.29 is 27.5 Å². The lowest BCUT2D eigenvalue weighted by atomic mass is 10.1. The second kappa shape index (κ2) is 12.3. The van der Waals surface area contributed by atoms with Crippen molar-refractivity contribution in [3.8, 4) is 11.5 Å². The second-order valence-corrected chi connectivity index (χ2v) is 9.51. The third-order valence-electron chi connectivity index (χ3n) is 5.26. The topological polar surface area (TPSA) is 105 Å². The van der Waals surface area contributed by atoms with E-state index in [1.165, 1.54) is 11.9 Å². The van der Waals surface area contributed by atoms with Gasteiger partial charge in [-0.1, -0.05) is 19.1 Å². The molecule has 2 amide bonds. The van der Waals surface area contributed by atoms with Crippen LogP contribution in [0.4, 0.5) is 5.69 Å². The smallest absolute Gasteiger partial charge is 0.244 e. The van der Waals surface area contributed by atoms with Crippen LogP contribution in [0.15, 0.2) is 48.5 Å². The SMILES string of the molecule is CCOc1ccc(N(CC(=O)N(Cc2ccc(OC)cc2)[C@H](CC)C(=O)NC)S(C)(=O)=O)cc1. The highest BCUT2D eigenvalue weighted by Gasteiger charge is 2.31. The van der Waals surface area contributed by atoms with Crippen molar-refractivity contribution in [2.24, 2.45) is 0 Å². The van der Waals surface area contributed by atoms with Gasteiger partial charge in [-0.2, -0.15) is 0 Å². The minimum Gasteiger partial charge on any atom is -0.497 e. The summed E-state index contributed by atoms with van der Waals surface area (Å²) in [4.78, 5) is 27.5. The Kier molecular flexibility index (Phi) is 9.73. The Labute approximate surface area is 201 Å². The van der Waals surface area contributed by atoms with Gasteiger partial charge in [-0.15, -0.1) is 0 Å². The summed E-state index contributed by atoms with van der Waals surface area (Å²) in [6.07, 6.45) is 1.41. The van der Waals surface area contributed by atoms with E-state index in [1.54, 1.807) is 62.6 Å². The van der Waals surface area contributed by atoms with Crippen molar-refractivity contribution in [2.75, 3.05) is 37.9 Å². The molecule has 1 N–H and O–H groups in total. The van der Waals surface area contributed by atoms with Crippen LogP contribution in [0.3, 0.4) is 0 Å². The number of anilines is 1. The van der Waals surface area contributed by atoms with Gasteiger partial charge in [0.05, 0.1) is 25.7 Å². The molecular weight excluding hydrogens is 458 g/mol. The predicted octanol–water partition coefficient (Wildman–Crippen LogP) is 2.41. The molecule has 1 atom stereocenters. The summed E-state index contributed by atoms with van der Waals surface area (Å²) < 4.78 is 36.8. The number of rotatable bonds is 12. The van der Waals surface area contributed by atoms with Gasteiger partial charge in [-0.25, -0.2) is 8.42 Å². The zero-order chi connectivity index (χ0) is 25.3. The van der Waals surface area contributed by atoms with Crippen LogP contribution in [0.2, 0.25) is 0 Å². The third-order valence-corrected chi connectivity index (χ3v) is 6.40. The molecule has 0 aromatic heterocycles. The van der Waals surface area contributed by atoms with Gasteiger partial charge in [0.1, 0.15) is 24.1 Å². The fraction of sp³-hybridized carbons (Fsp3) is 0.417. The van der Waals surface area contributed by atoms with Gasteiger partial charge in [-0.05, 0) is 55.3 Å². The fourth-order valence-electron chi connectivity index (χ4n) is 3.50. The van der Waals surface area contributed by atoms with E-state index in [2.05, 4.69) is 5.32 Å². The normalized spacial score (nSPS) is 11.9. The second-order valence-electron chi connectivity index (χ2n) is 7.60. The third kappa shape index (κ3) is 7.11. The van der Waals surface area contributed by atoms with E-state index in [0.29, 0.717) is 30.2 Å². The lowest BCUT2D eigenvalue weighted by Crippen LogP contribution is -2.51. The van der Waals surface area contributed by atoms with E-state index in [-0.39, 0.29) is 12.5 Å². The Balaban J connectivity index is 2.38. The molecule has 34 heavy (non-hydrogen) atoms. The predicted molar refractivity (Wildman–Crippen MR) is 131 cm³/mol. The molecule has 0 saturated heterocycles. The summed E-state index contributed by atoms with van der Waals surface area (Å²) >= 11 is 0. The molecule has 2 aromatic rings. The van der Waals surface area contributed by atoms with Crippen LogP contribution >= 0.6 is 0 Å². The molecule has 9 nitrogen and oxygen atoms in total. The molecule has 0 aliphatic carbocycles. The number of amides is 2. The Morgan fingerprint density at radius 2 is 1.59 bits per heavy atom. The first kappa shape index (κ1) is 27.0. The highest BCUT2D eigenvalue weighted by atomic mass is 32.2. The number of hydrogen-bond donors (Lipinski definition) is 1. The average Bonchev–Trinajstić information content (AvgIpc) is 2.82. The van der Waals surface area contributed by atoms with E-state index in [9.17, 15) is 18.0 Å². The fourth-order valence-corrected chi connectivity index (χ4v) is 4.35. The molecule has 0 aliphatic rings. The van der Waals surface area contributed by atoms with Crippen molar-refractivity contribution in [3.63, 3.8) is 0 Å². The van der Waals surface area contributed by atoms with E-state index >= 15 is 0 Å². The molecule has 0 heterocycles. The summed E-state index contributed by atoms with van der Waals surface area (Å²) in [5.41, 5.74) is 1.11. The van der Waals surface area contributed by atoms with E-state index in [0.717, 1.165) is 16.1 Å². The molecule has 2 aromatic carbocycles. The Hall–Kier alpha value is -3.27. The van der Waals surface area contributed by atoms with Crippen molar-refractivity contribution >= 4 is 27.5 Å². The van der Waals surface area contributed by atoms with Gasteiger partial charge < -0.3 is 19.7 Å². The number of ether oxygens (including phenoxy) is 2. The summed E-state index contributed by atoms with van der Waals surface area (Å²) in [6, 6.07) is 12.8. The number of sulfonamides is 1. The zero-order valence-electron chi connectivity index (χ0n) is 20.3. The van der Waals surface area contributed by atoms with Gasteiger partial charge in [0.15, 0.2) is 0 Å². The van der Waals surface area contributed by atoms with E-state index < -0.39 is 28.5 Å². The Morgan fingerprint density at radius 1 is 1.00 bits per heavy atom. The molecule has 0 aliphatic heterocycles. The molecule has 0 saturated carbocycles. The van der Waals surface area contributed by atoms with Crippen LogP contribution in [-0.4, -0.2) is 64.7 Å². The largest absolute Gasteiger partial charge is 0.497 e. The highest BCUT2D eigenvalue weighted by Crippen LogP contribution is 2.23. The highest BCUT2D eigenvalue weighted by molar-refractivity contribution is 7.92. The molecule has 0 unspecified atom stereocenters. The standard InChI is InChI=1S/C24H33N3O6S/c1-6-22(24(29)25-3)26(16-18-8-12-20(32-4)13-9-18)23(28)17-27(34(5,30)31)19-10-14-21(15-11-19)33-7-2/h8-15,22H,6-7,16-17H2,1-5H3,(H,25,29)/t22-/m1/s1. The molecule has 0 radical (unpaired) electrons. The van der Waals surface area contributed by atoms with Crippen LogP contribution in [0.5, 0.6) is 11.5 Å². The first-order chi connectivity index (χ1) is 16.1. The molecule has 0 bridgehead atoms. The molecule has 0 spiro atoms. The summed E-state index contributed by atoms with van der Waals surface area (Å²) in [6.45, 7) is 3.82. The van der Waals surface area contributed by atoms with Gasteiger partial charge in [-0.3, -0.25) is 13.9 Å². The van der Waals surface area contributed by atoms with Crippen LogP contribution in [0, 0.1) is 0 Å². The van der Waals surface area contributed by atoms with Crippen molar-refractivity contribution in [1.82, 2.24) is 10.2 Å². The van der Waals surface area contributed by atoms with Crippen LogP contribution in [0.25, 0.3) is 0 Å².